The Kier molecular flexibility index (Phi) is 5.09. The second-order valence-electron chi connectivity index (χ2n) is 4.87. The summed E-state index contributed by atoms with van der Waals surface area (Å²) >= 11 is 0. The number of benzene rings is 2. The Labute approximate surface area is 128 Å². The van der Waals surface area contributed by atoms with Crippen LogP contribution in [0, 0.1) is 5.92 Å². The fourth-order valence-electron chi connectivity index (χ4n) is 2.25. The van der Waals surface area contributed by atoms with Crippen LogP contribution in [0.4, 0.5) is 0 Å². The molecular weight excluding hydrogens is 280 g/mol. The molecule has 0 amide bonds. The van der Waals surface area contributed by atoms with E-state index in [-0.39, 0.29) is 0 Å². The van der Waals surface area contributed by atoms with E-state index in [2.05, 4.69) is 0 Å². The van der Waals surface area contributed by atoms with E-state index in [9.17, 15) is 14.7 Å². The maximum atomic E-state index is 11.5. The van der Waals surface area contributed by atoms with Gasteiger partial charge in [-0.3, -0.25) is 9.59 Å². The molecule has 1 atom stereocenters. The zero-order chi connectivity index (χ0) is 15.9. The maximum Gasteiger partial charge on any atom is 0.311 e. The molecule has 2 rings (SSSR count). The highest BCUT2D eigenvalue weighted by Gasteiger charge is 2.26. The van der Waals surface area contributed by atoms with Crippen LogP contribution >= 0.6 is 0 Å². The second-order valence-corrected chi connectivity index (χ2v) is 4.87. The van der Waals surface area contributed by atoms with E-state index >= 15 is 0 Å². The van der Waals surface area contributed by atoms with E-state index in [1.54, 1.807) is 30.3 Å². The Bertz CT molecular complexity index is 675. The average Bonchev–Trinajstić information content (AvgIpc) is 2.52. The van der Waals surface area contributed by atoms with Crippen molar-refractivity contribution in [2.24, 2.45) is 5.92 Å². The topological polar surface area (TPSA) is 74.6 Å². The number of carbonyl (C=O) groups is 2. The molecule has 112 valence electrons. The van der Waals surface area contributed by atoms with Crippen molar-refractivity contribution in [3.05, 3.63) is 71.8 Å². The second kappa shape index (κ2) is 7.22. The minimum absolute atomic E-state index is 0.455. The summed E-state index contributed by atoms with van der Waals surface area (Å²) in [5, 5.41) is 18.4. The molecule has 0 bridgehead atoms. The summed E-state index contributed by atoms with van der Waals surface area (Å²) in [6.07, 6.45) is 1.28. The fraction of sp³-hybridized carbons (Fsp3) is 0.111. The lowest BCUT2D eigenvalue weighted by molar-refractivity contribution is -0.146. The van der Waals surface area contributed by atoms with Crippen LogP contribution in [0.15, 0.2) is 60.7 Å². The first-order valence-corrected chi connectivity index (χ1v) is 6.84. The van der Waals surface area contributed by atoms with Gasteiger partial charge in [0, 0.05) is 0 Å². The molecule has 4 nitrogen and oxygen atoms in total. The van der Waals surface area contributed by atoms with Gasteiger partial charge in [-0.2, -0.15) is 0 Å². The molecular formula is C18H16O4. The molecule has 0 heterocycles. The highest BCUT2D eigenvalue weighted by molar-refractivity contribution is 5.96. The molecule has 0 aliphatic carbocycles. The van der Waals surface area contributed by atoms with Gasteiger partial charge in [-0.1, -0.05) is 66.7 Å². The average molecular weight is 296 g/mol. The lowest BCUT2D eigenvalue weighted by Gasteiger charge is -2.15. The zero-order valence-corrected chi connectivity index (χ0v) is 11.8. The summed E-state index contributed by atoms with van der Waals surface area (Å²) in [6.45, 7) is 0. The zero-order valence-electron chi connectivity index (χ0n) is 11.8. The van der Waals surface area contributed by atoms with Crippen LogP contribution in [0.2, 0.25) is 0 Å². The van der Waals surface area contributed by atoms with Crippen LogP contribution in [0.1, 0.15) is 17.5 Å². The first kappa shape index (κ1) is 15.5. The molecule has 2 aromatic rings. The lowest BCUT2D eigenvalue weighted by Crippen LogP contribution is -2.19. The highest BCUT2D eigenvalue weighted by atomic mass is 16.4. The van der Waals surface area contributed by atoms with Crippen molar-refractivity contribution in [1.29, 1.82) is 0 Å². The predicted octanol–water partition coefficient (Wildman–Crippen LogP) is 3.40. The van der Waals surface area contributed by atoms with Gasteiger partial charge in [-0.05, 0) is 16.7 Å². The van der Waals surface area contributed by atoms with Crippen molar-refractivity contribution in [1.82, 2.24) is 0 Å². The van der Waals surface area contributed by atoms with Crippen molar-refractivity contribution in [3.63, 3.8) is 0 Å². The minimum Gasteiger partial charge on any atom is -0.481 e. The molecule has 4 heteroatoms. The van der Waals surface area contributed by atoms with E-state index in [1.165, 1.54) is 0 Å². The Hall–Kier alpha value is -2.88. The third-order valence-corrected chi connectivity index (χ3v) is 3.28. The SMILES string of the molecule is O=C(O)CC(C(=O)O)/C(=C/c1ccccc1)c1ccccc1. The summed E-state index contributed by atoms with van der Waals surface area (Å²) in [4.78, 5) is 22.5. The molecule has 2 N–H and O–H groups in total. The molecule has 22 heavy (non-hydrogen) atoms. The molecule has 0 spiro atoms. The van der Waals surface area contributed by atoms with Crippen molar-refractivity contribution in [2.45, 2.75) is 6.42 Å². The Balaban J connectivity index is 2.52. The van der Waals surface area contributed by atoms with Crippen LogP contribution in [0.5, 0.6) is 0 Å². The van der Waals surface area contributed by atoms with Gasteiger partial charge in [-0.25, -0.2) is 0 Å². The quantitative estimate of drug-likeness (QED) is 0.801. The molecule has 0 aliphatic rings. The smallest absolute Gasteiger partial charge is 0.311 e. The number of carboxylic acid groups (broad SMARTS) is 2. The normalized spacial score (nSPS) is 12.6. The molecule has 0 fully saturated rings. The number of rotatable bonds is 6. The third kappa shape index (κ3) is 4.06. The molecule has 1 unspecified atom stereocenters. The summed E-state index contributed by atoms with van der Waals surface area (Å²) in [5.74, 6) is -3.38. The van der Waals surface area contributed by atoms with Gasteiger partial charge < -0.3 is 10.2 Å². The lowest BCUT2D eigenvalue weighted by atomic mass is 9.88. The highest BCUT2D eigenvalue weighted by Crippen LogP contribution is 2.29. The van der Waals surface area contributed by atoms with E-state index < -0.39 is 24.3 Å². The van der Waals surface area contributed by atoms with Crippen molar-refractivity contribution < 1.29 is 19.8 Å². The van der Waals surface area contributed by atoms with Gasteiger partial charge in [-0.15, -0.1) is 0 Å². The summed E-state index contributed by atoms with van der Waals surface area (Å²) in [7, 11) is 0. The summed E-state index contributed by atoms with van der Waals surface area (Å²) in [5.41, 5.74) is 2.03. The summed E-state index contributed by atoms with van der Waals surface area (Å²) < 4.78 is 0. The van der Waals surface area contributed by atoms with Crippen LogP contribution in [-0.2, 0) is 9.59 Å². The van der Waals surface area contributed by atoms with Gasteiger partial charge in [0.25, 0.3) is 0 Å². The minimum atomic E-state index is -1.14. The molecule has 0 aromatic heterocycles. The van der Waals surface area contributed by atoms with Crippen LogP contribution in [0.3, 0.4) is 0 Å². The molecule has 0 radical (unpaired) electrons. The number of hydrogen-bond donors (Lipinski definition) is 2. The number of aliphatic carboxylic acids is 2. The Morgan fingerprint density at radius 1 is 0.909 bits per heavy atom. The van der Waals surface area contributed by atoms with Crippen molar-refractivity contribution in [3.8, 4) is 0 Å². The standard InChI is InChI=1S/C18H16O4/c19-17(20)12-16(18(21)22)15(14-9-5-2-6-10-14)11-13-7-3-1-4-8-13/h1-11,16H,12H2,(H,19,20)(H,21,22)/b15-11+. The van der Waals surface area contributed by atoms with E-state index in [1.807, 2.05) is 36.4 Å². The van der Waals surface area contributed by atoms with Gasteiger partial charge in [0.2, 0.25) is 0 Å². The first-order valence-electron chi connectivity index (χ1n) is 6.84. The molecule has 0 saturated carbocycles. The Morgan fingerprint density at radius 3 is 1.95 bits per heavy atom. The van der Waals surface area contributed by atoms with Crippen molar-refractivity contribution in [2.75, 3.05) is 0 Å². The monoisotopic (exact) mass is 296 g/mol. The predicted molar refractivity (Wildman–Crippen MR) is 84.1 cm³/mol. The van der Waals surface area contributed by atoms with E-state index in [0.29, 0.717) is 11.1 Å². The first-order chi connectivity index (χ1) is 10.6. The summed E-state index contributed by atoms with van der Waals surface area (Å²) in [6, 6.07) is 18.3. The molecule has 0 aliphatic heterocycles. The van der Waals surface area contributed by atoms with Gasteiger partial charge >= 0.3 is 11.9 Å². The van der Waals surface area contributed by atoms with Gasteiger partial charge in [0.1, 0.15) is 0 Å². The van der Waals surface area contributed by atoms with Crippen LogP contribution in [0.25, 0.3) is 11.6 Å². The molecule has 0 saturated heterocycles. The van der Waals surface area contributed by atoms with E-state index in [0.717, 1.165) is 5.56 Å². The third-order valence-electron chi connectivity index (χ3n) is 3.28. The van der Waals surface area contributed by atoms with Gasteiger partial charge in [0.15, 0.2) is 0 Å². The largest absolute Gasteiger partial charge is 0.481 e. The van der Waals surface area contributed by atoms with Crippen LogP contribution < -0.4 is 0 Å². The number of carboxylic acids is 2. The van der Waals surface area contributed by atoms with Crippen molar-refractivity contribution >= 4 is 23.6 Å². The number of hydrogen-bond acceptors (Lipinski definition) is 2. The van der Waals surface area contributed by atoms with Crippen LogP contribution in [-0.4, -0.2) is 22.2 Å². The molecule has 2 aromatic carbocycles. The fourth-order valence-corrected chi connectivity index (χ4v) is 2.25. The maximum absolute atomic E-state index is 11.5. The Morgan fingerprint density at radius 2 is 1.45 bits per heavy atom. The van der Waals surface area contributed by atoms with E-state index in [4.69, 9.17) is 5.11 Å². The van der Waals surface area contributed by atoms with Gasteiger partial charge in [0.05, 0.1) is 12.3 Å².